The Labute approximate surface area is 518 Å². The monoisotopic (exact) mass is 1140 g/mol. The van der Waals surface area contributed by atoms with Crippen molar-refractivity contribution < 1.29 is 0 Å². The largest absolute Gasteiger partial charge is 0.311 e. The van der Waals surface area contributed by atoms with Gasteiger partial charge in [0, 0.05) is 62.4 Å². The number of rotatable bonds is 8. The fraction of sp³-hybridized carbons (Fsp3) is 0.247. The molecule has 0 amide bonds. The molecule has 3 heterocycles. The maximum absolute atomic E-state index is 5.79. The normalized spacial score (nSPS) is 13.4. The number of fused-ring (bicyclic) bond motifs is 5. The summed E-state index contributed by atoms with van der Waals surface area (Å²) in [6.45, 7) is 34.8. The van der Waals surface area contributed by atoms with Crippen LogP contribution < -0.4 is 31.1 Å². The zero-order valence-corrected chi connectivity index (χ0v) is 53.7. The number of nitrogens with zero attached hydrogens (tertiary/aromatic N) is 5. The third-order valence-corrected chi connectivity index (χ3v) is 18.1. The van der Waals surface area contributed by atoms with Gasteiger partial charge in [-0.05, 0) is 179 Å². The molecule has 2 aliphatic heterocycles. The highest BCUT2D eigenvalue weighted by Crippen LogP contribution is 2.50. The number of hydrogen-bond donors (Lipinski definition) is 0. The van der Waals surface area contributed by atoms with Crippen molar-refractivity contribution >= 4 is 85.3 Å². The molecule has 0 aliphatic carbocycles. The first kappa shape index (κ1) is 57.2. The summed E-state index contributed by atoms with van der Waals surface area (Å²) in [5.74, 6) is 0.901. The Balaban J connectivity index is 1.13. The van der Waals surface area contributed by atoms with Crippen molar-refractivity contribution in [2.24, 2.45) is 0 Å². The van der Waals surface area contributed by atoms with Crippen molar-refractivity contribution in [1.82, 2.24) is 9.55 Å². The third kappa shape index (κ3) is 10.4. The standard InChI is InChI=1S/C81H82BN5/c1-77(2,3)56-37-35-54(36-38-56)53-31-33-55(34-32-53)76-83-69-51-68-71(52-72(69)87(76)63-29-23-18-24-30-63)86(66-46-58(79(7,8)9)45-59(47-66)80(10,11)12)74-49-60(81(13,14)15)48-73-75(74)82(68)67-44-43-65(84(61-25-19-16-20-26-61)62-27-21-17-22-28-62)50-70(67)85(73)64-41-39-57(40-42-64)78(4,5)6/h16-52H,1-15H3. The van der Waals surface area contributed by atoms with Crippen molar-refractivity contribution in [2.45, 2.75) is 131 Å². The molecule has 0 N–H and O–H groups in total. The summed E-state index contributed by atoms with van der Waals surface area (Å²) in [4.78, 5) is 13.4. The Bertz CT molecular complexity index is 4300. The second kappa shape index (κ2) is 20.9. The Morgan fingerprint density at radius 2 is 0.759 bits per heavy atom. The van der Waals surface area contributed by atoms with Gasteiger partial charge in [-0.25, -0.2) is 4.98 Å². The minimum atomic E-state index is -0.214. The zero-order valence-electron chi connectivity index (χ0n) is 53.7. The summed E-state index contributed by atoms with van der Waals surface area (Å²) >= 11 is 0. The molecule has 1 aromatic heterocycles. The molecule has 0 saturated heterocycles. The van der Waals surface area contributed by atoms with Gasteiger partial charge in [-0.2, -0.15) is 0 Å². The lowest BCUT2D eigenvalue weighted by Gasteiger charge is -2.45. The van der Waals surface area contributed by atoms with Crippen LogP contribution in [0.1, 0.15) is 132 Å². The van der Waals surface area contributed by atoms with Crippen molar-refractivity contribution in [3.05, 3.63) is 252 Å². The van der Waals surface area contributed by atoms with Gasteiger partial charge in [0.2, 0.25) is 0 Å². The lowest BCUT2D eigenvalue weighted by molar-refractivity contribution is 0.568. The second-order valence-electron chi connectivity index (χ2n) is 29.5. The van der Waals surface area contributed by atoms with Crippen molar-refractivity contribution in [1.29, 1.82) is 0 Å². The van der Waals surface area contributed by atoms with Crippen LogP contribution in [0.15, 0.2) is 224 Å². The van der Waals surface area contributed by atoms with E-state index in [0.717, 1.165) is 67.9 Å². The molecular weight excluding hydrogens is 1050 g/mol. The van der Waals surface area contributed by atoms with Gasteiger partial charge in [-0.3, -0.25) is 4.57 Å². The van der Waals surface area contributed by atoms with E-state index in [1.54, 1.807) is 0 Å². The van der Waals surface area contributed by atoms with Gasteiger partial charge >= 0.3 is 0 Å². The van der Waals surface area contributed by atoms with Crippen molar-refractivity contribution in [2.75, 3.05) is 14.7 Å². The van der Waals surface area contributed by atoms with E-state index in [-0.39, 0.29) is 33.8 Å². The van der Waals surface area contributed by atoms with E-state index in [1.165, 1.54) is 66.7 Å². The molecule has 0 bridgehead atoms. The van der Waals surface area contributed by atoms with E-state index >= 15 is 0 Å². The first-order chi connectivity index (χ1) is 41.3. The van der Waals surface area contributed by atoms with Crippen LogP contribution in [0.25, 0.3) is 39.2 Å². The van der Waals surface area contributed by atoms with E-state index in [9.17, 15) is 0 Å². The lowest BCUT2D eigenvalue weighted by atomic mass is 9.33. The highest BCUT2D eigenvalue weighted by atomic mass is 15.2. The van der Waals surface area contributed by atoms with Gasteiger partial charge in [-0.15, -0.1) is 0 Å². The van der Waals surface area contributed by atoms with Crippen LogP contribution in [-0.4, -0.2) is 16.3 Å². The second-order valence-corrected chi connectivity index (χ2v) is 29.5. The molecular formula is C81H82BN5. The molecule has 0 spiro atoms. The molecule has 10 aromatic carbocycles. The Morgan fingerprint density at radius 1 is 0.322 bits per heavy atom. The minimum absolute atomic E-state index is 0.0213. The summed E-state index contributed by atoms with van der Waals surface area (Å²) in [5.41, 5.74) is 26.6. The van der Waals surface area contributed by atoms with Crippen LogP contribution in [0.5, 0.6) is 0 Å². The smallest absolute Gasteiger partial charge is 0.252 e. The molecule has 87 heavy (non-hydrogen) atoms. The van der Waals surface area contributed by atoms with Gasteiger partial charge in [0.1, 0.15) is 5.82 Å². The van der Waals surface area contributed by atoms with E-state index < -0.39 is 0 Å². The van der Waals surface area contributed by atoms with Gasteiger partial charge < -0.3 is 14.7 Å². The van der Waals surface area contributed by atoms with E-state index in [4.69, 9.17) is 4.98 Å². The Hall–Kier alpha value is -8.87. The Morgan fingerprint density at radius 3 is 1.26 bits per heavy atom. The topological polar surface area (TPSA) is 27.5 Å². The van der Waals surface area contributed by atoms with Crippen molar-refractivity contribution in [3.8, 4) is 28.2 Å². The van der Waals surface area contributed by atoms with Crippen LogP contribution in [0, 0.1) is 0 Å². The van der Waals surface area contributed by atoms with Gasteiger partial charge in [0.05, 0.1) is 11.0 Å². The quantitative estimate of drug-likeness (QED) is 0.142. The Kier molecular flexibility index (Phi) is 13.8. The molecule has 2 aliphatic rings. The summed E-state index contributed by atoms with van der Waals surface area (Å²) in [6.07, 6.45) is 0. The first-order valence-corrected chi connectivity index (χ1v) is 31.2. The predicted molar refractivity (Wildman–Crippen MR) is 374 cm³/mol. The highest BCUT2D eigenvalue weighted by molar-refractivity contribution is 7.00. The van der Waals surface area contributed by atoms with Crippen LogP contribution >= 0.6 is 0 Å². The number of anilines is 9. The van der Waals surface area contributed by atoms with Crippen LogP contribution in [-0.2, 0) is 27.1 Å². The van der Waals surface area contributed by atoms with Crippen LogP contribution in [0.4, 0.5) is 51.2 Å². The number of para-hydroxylation sites is 3. The molecule has 0 fully saturated rings. The van der Waals surface area contributed by atoms with Crippen molar-refractivity contribution in [3.63, 3.8) is 0 Å². The van der Waals surface area contributed by atoms with Crippen LogP contribution in [0.2, 0.25) is 0 Å². The summed E-state index contributed by atoms with van der Waals surface area (Å²) in [5, 5.41) is 0. The molecule has 6 heteroatoms. The maximum atomic E-state index is 5.79. The molecule has 434 valence electrons. The summed E-state index contributed by atoms with van der Waals surface area (Å²) in [6, 6.07) is 84.6. The molecule has 0 saturated carbocycles. The predicted octanol–water partition coefficient (Wildman–Crippen LogP) is 20.4. The first-order valence-electron chi connectivity index (χ1n) is 31.2. The average molecular weight is 1140 g/mol. The van der Waals surface area contributed by atoms with Gasteiger partial charge in [0.15, 0.2) is 0 Å². The zero-order chi connectivity index (χ0) is 61.1. The maximum Gasteiger partial charge on any atom is 0.252 e. The number of hydrogen-bond acceptors (Lipinski definition) is 4. The van der Waals surface area contributed by atoms with E-state index in [0.29, 0.717) is 0 Å². The summed E-state index contributed by atoms with van der Waals surface area (Å²) in [7, 11) is 0. The molecule has 0 unspecified atom stereocenters. The molecule has 11 aromatic rings. The molecule has 0 radical (unpaired) electrons. The van der Waals surface area contributed by atoms with Crippen LogP contribution in [0.3, 0.4) is 0 Å². The average Bonchev–Trinajstić information content (AvgIpc) is 1.48. The summed E-state index contributed by atoms with van der Waals surface area (Å²) < 4.78 is 2.39. The lowest BCUT2D eigenvalue weighted by Crippen LogP contribution is -2.61. The fourth-order valence-electron chi connectivity index (χ4n) is 13.0. The number of aromatic nitrogens is 2. The highest BCUT2D eigenvalue weighted by Gasteiger charge is 2.45. The van der Waals surface area contributed by atoms with Gasteiger partial charge in [0.25, 0.3) is 6.71 Å². The SMILES string of the molecule is CC(C)(C)c1ccc(-c2ccc(-c3nc4cc5c(cc4n3-c3ccccc3)N(c3cc(C(C)(C)C)cc(C(C)(C)C)c3)c3cc(C(C)(C)C)cc4c3B5c3ccc(N(c5ccccc5)c5ccccc5)cc3N4c3ccc(C(C)(C)C)cc3)cc2)cc1. The molecule has 13 rings (SSSR count). The van der Waals surface area contributed by atoms with E-state index in [2.05, 4.69) is 348 Å². The molecule has 5 nitrogen and oxygen atoms in total. The number of imidazole rings is 1. The van der Waals surface area contributed by atoms with E-state index in [1.807, 2.05) is 0 Å². The minimum Gasteiger partial charge on any atom is -0.311 e. The molecule has 0 atom stereocenters. The third-order valence-electron chi connectivity index (χ3n) is 18.1. The van der Waals surface area contributed by atoms with Gasteiger partial charge in [-0.1, -0.05) is 231 Å². The number of benzene rings is 10. The fourth-order valence-corrected chi connectivity index (χ4v) is 13.0.